The number of hydrogen-bond acceptors (Lipinski definition) is 3. The van der Waals surface area contributed by atoms with Crippen molar-refractivity contribution in [2.24, 2.45) is 0 Å². The van der Waals surface area contributed by atoms with Crippen LogP contribution in [-0.4, -0.2) is 49.9 Å². The first-order chi connectivity index (χ1) is 17.3. The zero-order chi connectivity index (χ0) is 26.8. The second-order valence-corrected chi connectivity index (χ2v) is 13.4. The van der Waals surface area contributed by atoms with Gasteiger partial charge in [-0.1, -0.05) is 142 Å². The van der Waals surface area contributed by atoms with Crippen molar-refractivity contribution in [3.63, 3.8) is 0 Å². The van der Waals surface area contributed by atoms with E-state index in [2.05, 4.69) is 20.9 Å². The maximum Gasteiger partial charge on any atom is 0.100 e. The van der Waals surface area contributed by atoms with E-state index in [0.29, 0.717) is 6.54 Å². The minimum absolute atomic E-state index is 0.222. The molecule has 0 aliphatic carbocycles. The van der Waals surface area contributed by atoms with E-state index in [9.17, 15) is 13.0 Å². The van der Waals surface area contributed by atoms with E-state index in [-0.39, 0.29) is 5.75 Å². The third-order valence-electron chi connectivity index (χ3n) is 7.98. The number of nitrogens with zero attached hydrogens (tertiary/aromatic N) is 1. The maximum absolute atomic E-state index is 11.3. The molecule has 4 nitrogen and oxygen atoms in total. The van der Waals surface area contributed by atoms with Crippen LogP contribution in [0.2, 0.25) is 0 Å². The van der Waals surface area contributed by atoms with Crippen LogP contribution in [0.5, 0.6) is 0 Å². The molecule has 0 aromatic carbocycles. The summed E-state index contributed by atoms with van der Waals surface area (Å²) in [4.78, 5) is 0. The summed E-state index contributed by atoms with van der Waals surface area (Å²) in [7, 11) is -1.97. The van der Waals surface area contributed by atoms with Crippen LogP contribution < -0.4 is 0 Å². The first kappa shape index (κ1) is 35.9. The molecule has 5 heteroatoms. The van der Waals surface area contributed by atoms with Gasteiger partial charge < -0.3 is 9.04 Å². The summed E-state index contributed by atoms with van der Waals surface area (Å²) in [5.41, 5.74) is 0. The predicted octanol–water partition coefficient (Wildman–Crippen LogP) is 9.38. The van der Waals surface area contributed by atoms with Crippen molar-refractivity contribution in [3.05, 3.63) is 0 Å². The molecule has 0 aromatic heterocycles. The average Bonchev–Trinajstić information content (AvgIpc) is 2.84. The molecule has 0 spiro atoms. The second kappa shape index (κ2) is 25.2. The van der Waals surface area contributed by atoms with Crippen LogP contribution in [0.25, 0.3) is 0 Å². The fourth-order valence-corrected chi connectivity index (χ4v) is 6.00. The van der Waals surface area contributed by atoms with E-state index in [1.807, 2.05) is 0 Å². The molecule has 0 fully saturated rings. The first-order valence-electron chi connectivity index (χ1n) is 16.1. The summed E-state index contributed by atoms with van der Waals surface area (Å²) in [5, 5.41) is 0. The Bertz CT molecular complexity index is 522. The van der Waals surface area contributed by atoms with Gasteiger partial charge in [0.05, 0.1) is 32.4 Å². The molecule has 218 valence electrons. The molecule has 0 aliphatic heterocycles. The molecule has 0 radical (unpaired) electrons. The third-order valence-corrected chi connectivity index (χ3v) is 8.67. The Kier molecular flexibility index (Phi) is 25.1. The van der Waals surface area contributed by atoms with E-state index in [0.717, 1.165) is 30.4 Å². The van der Waals surface area contributed by atoms with Gasteiger partial charge in [0.15, 0.2) is 0 Å². The van der Waals surface area contributed by atoms with E-state index in [1.54, 1.807) is 0 Å². The Balaban J connectivity index is 3.91. The van der Waals surface area contributed by atoms with Gasteiger partial charge in [0.2, 0.25) is 0 Å². The highest BCUT2D eigenvalue weighted by molar-refractivity contribution is 7.85. The lowest BCUT2D eigenvalue weighted by molar-refractivity contribution is -0.907. The Morgan fingerprint density at radius 3 is 0.944 bits per heavy atom. The fourth-order valence-electron chi connectivity index (χ4n) is 5.34. The Labute approximate surface area is 227 Å². The minimum atomic E-state index is -4.13. The van der Waals surface area contributed by atoms with Gasteiger partial charge in [-0.25, -0.2) is 8.42 Å². The molecule has 0 unspecified atom stereocenters. The standard InChI is InChI=1S/C31H65NO3S/c1-4-6-8-10-12-14-16-18-20-22-24-26-28-32(3,30-31-36(33,34)35)29-27-25-23-21-19-17-15-13-11-9-7-5-2/h4-31H2,1-3H3. The number of rotatable bonds is 29. The molecule has 0 rings (SSSR count). The molecule has 0 aromatic rings. The predicted molar refractivity (Wildman–Crippen MR) is 158 cm³/mol. The van der Waals surface area contributed by atoms with Crippen LogP contribution in [0.15, 0.2) is 0 Å². The van der Waals surface area contributed by atoms with Gasteiger partial charge in [0.1, 0.15) is 10.1 Å². The topological polar surface area (TPSA) is 57.2 Å². The zero-order valence-electron chi connectivity index (χ0n) is 24.9. The van der Waals surface area contributed by atoms with Gasteiger partial charge in [-0.2, -0.15) is 0 Å². The number of hydrogen-bond donors (Lipinski definition) is 0. The van der Waals surface area contributed by atoms with Crippen molar-refractivity contribution >= 4 is 10.1 Å². The summed E-state index contributed by atoms with van der Waals surface area (Å²) >= 11 is 0. The Morgan fingerprint density at radius 2 is 0.694 bits per heavy atom. The zero-order valence-corrected chi connectivity index (χ0v) is 25.7. The summed E-state index contributed by atoms with van der Waals surface area (Å²) in [6, 6.07) is 0. The van der Waals surface area contributed by atoms with Gasteiger partial charge in [-0.3, -0.25) is 0 Å². The SMILES string of the molecule is CCCCCCCCCCCCCC[N+](C)(CCCCCCCCCCCCCC)CCS(=O)(=O)[O-]. The smallest absolute Gasteiger partial charge is 0.100 e. The van der Waals surface area contributed by atoms with Crippen molar-refractivity contribution in [3.8, 4) is 0 Å². The van der Waals surface area contributed by atoms with Crippen LogP contribution >= 0.6 is 0 Å². The number of unbranched alkanes of at least 4 members (excludes halogenated alkanes) is 22. The highest BCUT2D eigenvalue weighted by Gasteiger charge is 2.21. The maximum atomic E-state index is 11.3. The van der Waals surface area contributed by atoms with Crippen molar-refractivity contribution in [2.45, 2.75) is 168 Å². The molecule has 0 amide bonds. The lowest BCUT2D eigenvalue weighted by Crippen LogP contribution is -2.48. The van der Waals surface area contributed by atoms with Crippen LogP contribution in [0.1, 0.15) is 168 Å². The lowest BCUT2D eigenvalue weighted by Gasteiger charge is -2.35. The van der Waals surface area contributed by atoms with E-state index in [1.165, 1.54) is 141 Å². The highest BCUT2D eigenvalue weighted by atomic mass is 32.2. The molecule has 0 N–H and O–H groups in total. The summed E-state index contributed by atoms with van der Waals surface area (Å²) < 4.78 is 34.5. The molecule has 0 atom stereocenters. The van der Waals surface area contributed by atoms with Crippen LogP contribution in [-0.2, 0) is 10.1 Å². The van der Waals surface area contributed by atoms with E-state index >= 15 is 0 Å². The van der Waals surface area contributed by atoms with Gasteiger partial charge >= 0.3 is 0 Å². The molecule has 0 saturated carbocycles. The average molecular weight is 532 g/mol. The number of quaternary nitrogens is 1. The van der Waals surface area contributed by atoms with Crippen molar-refractivity contribution in [2.75, 3.05) is 32.4 Å². The molecular formula is C31H65NO3S. The monoisotopic (exact) mass is 531 g/mol. The Hall–Kier alpha value is -0.130. The minimum Gasteiger partial charge on any atom is -0.748 e. The van der Waals surface area contributed by atoms with Crippen LogP contribution in [0.3, 0.4) is 0 Å². The van der Waals surface area contributed by atoms with Gasteiger partial charge in [0.25, 0.3) is 0 Å². The molecular weight excluding hydrogens is 466 g/mol. The van der Waals surface area contributed by atoms with Gasteiger partial charge in [0, 0.05) is 0 Å². The van der Waals surface area contributed by atoms with E-state index in [4.69, 9.17) is 0 Å². The van der Waals surface area contributed by atoms with Crippen LogP contribution in [0.4, 0.5) is 0 Å². The fraction of sp³-hybridized carbons (Fsp3) is 1.00. The summed E-state index contributed by atoms with van der Waals surface area (Å²) in [6.45, 7) is 7.02. The molecule has 0 heterocycles. The molecule has 0 bridgehead atoms. The highest BCUT2D eigenvalue weighted by Crippen LogP contribution is 2.16. The quantitative estimate of drug-likeness (QED) is 0.0548. The van der Waals surface area contributed by atoms with Crippen LogP contribution in [0, 0.1) is 0 Å². The third kappa shape index (κ3) is 26.9. The molecule has 0 aliphatic rings. The van der Waals surface area contributed by atoms with Gasteiger partial charge in [-0.15, -0.1) is 0 Å². The Morgan fingerprint density at radius 1 is 0.444 bits per heavy atom. The second-order valence-electron chi connectivity index (χ2n) is 11.8. The normalized spacial score (nSPS) is 12.4. The largest absolute Gasteiger partial charge is 0.748 e. The summed E-state index contributed by atoms with van der Waals surface area (Å²) in [5.74, 6) is -0.222. The van der Waals surface area contributed by atoms with Crippen molar-refractivity contribution < 1.29 is 17.5 Å². The van der Waals surface area contributed by atoms with E-state index < -0.39 is 10.1 Å². The lowest BCUT2D eigenvalue weighted by atomic mass is 10.0. The molecule has 0 saturated heterocycles. The van der Waals surface area contributed by atoms with Crippen molar-refractivity contribution in [1.82, 2.24) is 0 Å². The van der Waals surface area contributed by atoms with Crippen molar-refractivity contribution in [1.29, 1.82) is 0 Å². The van der Waals surface area contributed by atoms with Gasteiger partial charge in [-0.05, 0) is 25.7 Å². The first-order valence-corrected chi connectivity index (χ1v) is 17.7. The summed E-state index contributed by atoms with van der Waals surface area (Å²) in [6.07, 6.45) is 32.0. The molecule has 36 heavy (non-hydrogen) atoms.